The average Bonchev–Trinajstić information content (AvgIpc) is 3.22. The van der Waals surface area contributed by atoms with Crippen LogP contribution in [0.2, 0.25) is 0 Å². The summed E-state index contributed by atoms with van der Waals surface area (Å²) in [5.41, 5.74) is 2.24. The zero-order valence-electron chi connectivity index (χ0n) is 18.1. The molecule has 0 saturated carbocycles. The van der Waals surface area contributed by atoms with Crippen molar-refractivity contribution in [3.8, 4) is 0 Å². The highest BCUT2D eigenvalue weighted by atomic mass is 32.2. The van der Waals surface area contributed by atoms with Crippen LogP contribution in [-0.4, -0.2) is 41.2 Å². The van der Waals surface area contributed by atoms with Crippen LogP contribution in [0.5, 0.6) is 0 Å². The Bertz CT molecular complexity index is 1290. The summed E-state index contributed by atoms with van der Waals surface area (Å²) >= 11 is 0.951. The molecule has 3 aromatic rings. The summed E-state index contributed by atoms with van der Waals surface area (Å²) in [5, 5.41) is 0.262. The highest BCUT2D eigenvalue weighted by Gasteiger charge is 2.33. The molecule has 0 unspecified atom stereocenters. The van der Waals surface area contributed by atoms with Gasteiger partial charge in [0, 0.05) is 19.3 Å². The Hall–Kier alpha value is -2.23. The van der Waals surface area contributed by atoms with E-state index >= 15 is 0 Å². The maximum Gasteiger partial charge on any atom is 0.226 e. The van der Waals surface area contributed by atoms with Crippen LogP contribution in [0.1, 0.15) is 24.0 Å². The van der Waals surface area contributed by atoms with Crippen molar-refractivity contribution < 1.29 is 16.8 Å². The first kappa shape index (κ1) is 22.9. The lowest BCUT2D eigenvalue weighted by Gasteiger charge is -2.33. The second-order valence-electron chi connectivity index (χ2n) is 8.30. The fraction of sp³-hybridized carbons (Fsp3) is 0.348. The van der Waals surface area contributed by atoms with Crippen LogP contribution in [0.15, 0.2) is 68.9 Å². The molecule has 170 valence electrons. The Kier molecular flexibility index (Phi) is 6.42. The van der Waals surface area contributed by atoms with Crippen LogP contribution >= 0.6 is 11.3 Å². The molecule has 0 spiro atoms. The number of benzene rings is 2. The largest absolute Gasteiger partial charge is 0.361 e. The highest BCUT2D eigenvalue weighted by molar-refractivity contribution is 7.93. The Morgan fingerprint density at radius 1 is 0.969 bits per heavy atom. The standard InChI is InChI=1S/C23H26N2O4S3/c1-17-8-10-20(11-9-17)32(28,29)21-22(30-23(24-21)31(2,26)27)25-14-12-19(13-15-25)16-18-6-4-3-5-7-18/h3-11,19H,12-16H2,1-2H3. The molecule has 2 heterocycles. The van der Waals surface area contributed by atoms with E-state index < -0.39 is 19.7 Å². The first-order valence-electron chi connectivity index (χ1n) is 10.5. The van der Waals surface area contributed by atoms with Crippen LogP contribution in [-0.2, 0) is 26.1 Å². The third kappa shape index (κ3) is 4.89. The molecule has 4 rings (SSSR count). The van der Waals surface area contributed by atoms with Gasteiger partial charge in [-0.25, -0.2) is 21.8 Å². The Morgan fingerprint density at radius 3 is 2.19 bits per heavy atom. The molecule has 1 aliphatic rings. The van der Waals surface area contributed by atoms with Gasteiger partial charge in [-0.1, -0.05) is 59.4 Å². The molecule has 1 saturated heterocycles. The van der Waals surface area contributed by atoms with Crippen molar-refractivity contribution in [2.24, 2.45) is 5.92 Å². The molecule has 1 aliphatic heterocycles. The zero-order valence-corrected chi connectivity index (χ0v) is 20.5. The third-order valence-corrected chi connectivity index (χ3v) is 10.3. The molecular weight excluding hydrogens is 464 g/mol. The van der Waals surface area contributed by atoms with Crippen molar-refractivity contribution in [3.63, 3.8) is 0 Å². The van der Waals surface area contributed by atoms with E-state index in [9.17, 15) is 16.8 Å². The van der Waals surface area contributed by atoms with Crippen LogP contribution in [0, 0.1) is 12.8 Å². The van der Waals surface area contributed by atoms with Crippen molar-refractivity contribution >= 4 is 36.0 Å². The number of thiazole rings is 1. The second-order valence-corrected chi connectivity index (χ2v) is 13.3. The third-order valence-electron chi connectivity index (χ3n) is 5.73. The number of anilines is 1. The number of aromatic nitrogens is 1. The number of hydrogen-bond acceptors (Lipinski definition) is 7. The number of rotatable bonds is 6. The normalized spacial score (nSPS) is 15.8. The Morgan fingerprint density at radius 2 is 1.59 bits per heavy atom. The summed E-state index contributed by atoms with van der Waals surface area (Å²) < 4.78 is 51.0. The molecule has 6 nitrogen and oxygen atoms in total. The van der Waals surface area contributed by atoms with Gasteiger partial charge in [-0.2, -0.15) is 0 Å². The second kappa shape index (κ2) is 8.96. The van der Waals surface area contributed by atoms with Crippen LogP contribution in [0.4, 0.5) is 5.00 Å². The maximum atomic E-state index is 13.4. The van der Waals surface area contributed by atoms with Crippen LogP contribution in [0.25, 0.3) is 0 Å². The predicted octanol–water partition coefficient (Wildman–Crippen LogP) is 4.15. The number of nitrogens with zero attached hydrogens (tertiary/aromatic N) is 2. The minimum absolute atomic E-state index is 0.119. The van der Waals surface area contributed by atoms with Gasteiger partial charge >= 0.3 is 0 Å². The van der Waals surface area contributed by atoms with Gasteiger partial charge in [0.25, 0.3) is 0 Å². The van der Waals surface area contributed by atoms with Crippen LogP contribution in [0.3, 0.4) is 0 Å². The van der Waals surface area contributed by atoms with Gasteiger partial charge in [-0.05, 0) is 49.8 Å². The molecular formula is C23H26N2O4S3. The van der Waals surface area contributed by atoms with E-state index in [4.69, 9.17) is 0 Å². The molecule has 0 bridgehead atoms. The van der Waals surface area contributed by atoms with E-state index in [0.29, 0.717) is 24.0 Å². The molecule has 0 N–H and O–H groups in total. The SMILES string of the molecule is Cc1ccc(S(=O)(=O)c2nc(S(C)(=O)=O)sc2N2CCC(Cc3ccccc3)CC2)cc1. The Labute approximate surface area is 193 Å². The summed E-state index contributed by atoms with van der Waals surface area (Å²) in [4.78, 5) is 6.22. The maximum absolute atomic E-state index is 13.4. The van der Waals surface area contributed by atoms with E-state index in [0.717, 1.165) is 42.4 Å². The minimum atomic E-state index is -3.94. The highest BCUT2D eigenvalue weighted by Crippen LogP contribution is 2.39. The fourth-order valence-corrected chi connectivity index (χ4v) is 7.63. The fourth-order valence-electron chi connectivity index (χ4n) is 3.93. The smallest absolute Gasteiger partial charge is 0.226 e. The lowest BCUT2D eigenvalue weighted by Crippen LogP contribution is -2.34. The van der Waals surface area contributed by atoms with E-state index in [1.807, 2.05) is 30.0 Å². The lowest BCUT2D eigenvalue weighted by molar-refractivity contribution is 0.403. The summed E-state index contributed by atoms with van der Waals surface area (Å²) in [6.07, 6.45) is 3.86. The average molecular weight is 491 g/mol. The quantitative estimate of drug-likeness (QED) is 0.516. The van der Waals surface area contributed by atoms with E-state index in [-0.39, 0.29) is 14.3 Å². The summed E-state index contributed by atoms with van der Waals surface area (Å²) in [5.74, 6) is 0.508. The topological polar surface area (TPSA) is 84.4 Å². The molecule has 9 heteroatoms. The first-order chi connectivity index (χ1) is 15.1. The van der Waals surface area contributed by atoms with Crippen LogP contribution < -0.4 is 4.90 Å². The monoisotopic (exact) mass is 490 g/mol. The zero-order chi connectivity index (χ0) is 22.9. The van der Waals surface area contributed by atoms with Gasteiger partial charge in [-0.15, -0.1) is 0 Å². The molecule has 1 aromatic heterocycles. The van der Waals surface area contributed by atoms with Gasteiger partial charge in [0.15, 0.2) is 5.03 Å². The number of piperidine rings is 1. The molecule has 1 fully saturated rings. The van der Waals surface area contributed by atoms with Gasteiger partial charge in [0.05, 0.1) is 4.90 Å². The predicted molar refractivity (Wildman–Crippen MR) is 127 cm³/mol. The molecule has 32 heavy (non-hydrogen) atoms. The summed E-state index contributed by atoms with van der Waals surface area (Å²) in [7, 11) is -7.57. The van der Waals surface area contributed by atoms with Crippen molar-refractivity contribution in [3.05, 3.63) is 65.7 Å². The molecule has 0 amide bonds. The lowest BCUT2D eigenvalue weighted by atomic mass is 9.90. The van der Waals surface area contributed by atoms with Gasteiger partial charge in [-0.3, -0.25) is 0 Å². The molecule has 0 aliphatic carbocycles. The van der Waals surface area contributed by atoms with Crippen molar-refractivity contribution in [1.82, 2.24) is 4.98 Å². The molecule has 2 aromatic carbocycles. The number of hydrogen-bond donors (Lipinski definition) is 0. The minimum Gasteiger partial charge on any atom is -0.361 e. The number of aryl methyl sites for hydroxylation is 1. The molecule has 0 atom stereocenters. The van der Waals surface area contributed by atoms with Crippen molar-refractivity contribution in [1.29, 1.82) is 0 Å². The summed E-state index contributed by atoms with van der Waals surface area (Å²) in [6.45, 7) is 3.21. The van der Waals surface area contributed by atoms with Gasteiger partial charge in [0.1, 0.15) is 5.00 Å². The van der Waals surface area contributed by atoms with Gasteiger partial charge < -0.3 is 4.90 Å². The number of sulfone groups is 2. The van der Waals surface area contributed by atoms with E-state index in [2.05, 4.69) is 17.1 Å². The van der Waals surface area contributed by atoms with Gasteiger partial charge in [0.2, 0.25) is 24.0 Å². The van der Waals surface area contributed by atoms with Crippen molar-refractivity contribution in [2.75, 3.05) is 24.2 Å². The first-order valence-corrected chi connectivity index (χ1v) is 14.7. The summed E-state index contributed by atoms with van der Waals surface area (Å²) in [6, 6.07) is 16.9. The molecule has 0 radical (unpaired) electrons. The Balaban J connectivity index is 1.62. The van der Waals surface area contributed by atoms with E-state index in [1.54, 1.807) is 24.3 Å². The van der Waals surface area contributed by atoms with Crippen molar-refractivity contribution in [2.45, 2.75) is 40.4 Å². The van der Waals surface area contributed by atoms with E-state index in [1.165, 1.54) is 5.56 Å².